The Morgan fingerprint density at radius 1 is 1.23 bits per heavy atom. The molecule has 1 saturated carbocycles. The van der Waals surface area contributed by atoms with Gasteiger partial charge in [-0.1, -0.05) is 13.1 Å². The van der Waals surface area contributed by atoms with E-state index in [9.17, 15) is 4.79 Å². The number of hydrogen-bond acceptors (Lipinski definition) is 4. The van der Waals surface area contributed by atoms with Gasteiger partial charge in [0, 0.05) is 39.3 Å². The first-order valence-corrected chi connectivity index (χ1v) is 9.18. The summed E-state index contributed by atoms with van der Waals surface area (Å²) in [6.07, 6.45) is 5.96. The lowest BCUT2D eigenvalue weighted by atomic mass is 9.91. The van der Waals surface area contributed by atoms with Gasteiger partial charge < -0.3 is 10.2 Å². The predicted molar refractivity (Wildman–Crippen MR) is 94.7 cm³/mol. The van der Waals surface area contributed by atoms with Gasteiger partial charge in [0.25, 0.3) is 5.91 Å². The molecule has 1 aliphatic heterocycles. The molecule has 1 atom stereocenters. The normalized spacial score (nSPS) is 19.0. The van der Waals surface area contributed by atoms with E-state index in [2.05, 4.69) is 29.3 Å². The predicted octanol–water partition coefficient (Wildman–Crippen LogP) is 1.61. The van der Waals surface area contributed by atoms with Crippen molar-refractivity contribution in [3.8, 4) is 0 Å². The van der Waals surface area contributed by atoms with Gasteiger partial charge in [0.2, 0.25) is 0 Å². The van der Waals surface area contributed by atoms with E-state index in [1.54, 1.807) is 13.1 Å². The SMILES string of the molecule is CNC(=O)c1ccc(N2CCN(C3CCC3)CC2)cn1.CP. The number of piperazine rings is 1. The molecule has 2 aliphatic rings. The second-order valence-electron chi connectivity index (χ2n) is 5.59. The first-order valence-electron chi connectivity index (χ1n) is 8.03. The van der Waals surface area contributed by atoms with Crippen molar-refractivity contribution in [1.82, 2.24) is 15.2 Å². The summed E-state index contributed by atoms with van der Waals surface area (Å²) in [7, 11) is 4.04. The molecule has 0 radical (unpaired) electrons. The van der Waals surface area contributed by atoms with E-state index < -0.39 is 0 Å². The molecule has 122 valence electrons. The largest absolute Gasteiger partial charge is 0.368 e. The number of rotatable bonds is 3. The Balaban J connectivity index is 0.000000847. The van der Waals surface area contributed by atoms with E-state index in [-0.39, 0.29) is 5.91 Å². The third-order valence-electron chi connectivity index (χ3n) is 4.48. The summed E-state index contributed by atoms with van der Waals surface area (Å²) in [5.74, 6) is -0.133. The lowest BCUT2D eigenvalue weighted by Crippen LogP contribution is -2.52. The van der Waals surface area contributed by atoms with E-state index in [1.165, 1.54) is 19.3 Å². The highest BCUT2D eigenvalue weighted by Gasteiger charge is 2.27. The van der Waals surface area contributed by atoms with E-state index in [1.807, 2.05) is 18.9 Å². The van der Waals surface area contributed by atoms with E-state index in [0.29, 0.717) is 5.69 Å². The maximum Gasteiger partial charge on any atom is 0.269 e. The number of pyridine rings is 1. The van der Waals surface area contributed by atoms with Crippen molar-refractivity contribution in [3.05, 3.63) is 24.0 Å². The monoisotopic (exact) mass is 322 g/mol. The van der Waals surface area contributed by atoms with Crippen LogP contribution in [0.1, 0.15) is 29.8 Å². The Bertz CT molecular complexity index is 468. The molecule has 2 fully saturated rings. The van der Waals surface area contributed by atoms with Crippen LogP contribution in [0.5, 0.6) is 0 Å². The van der Waals surface area contributed by atoms with Crippen LogP contribution in [-0.2, 0) is 0 Å². The fourth-order valence-corrected chi connectivity index (χ4v) is 2.93. The quantitative estimate of drug-likeness (QED) is 0.859. The summed E-state index contributed by atoms with van der Waals surface area (Å²) < 4.78 is 0. The van der Waals surface area contributed by atoms with Crippen molar-refractivity contribution in [1.29, 1.82) is 0 Å². The van der Waals surface area contributed by atoms with Gasteiger partial charge in [-0.25, -0.2) is 4.98 Å². The molecule has 22 heavy (non-hydrogen) atoms. The molecular formula is C16H27N4OP. The molecule has 1 N–H and O–H groups in total. The highest BCUT2D eigenvalue weighted by Crippen LogP contribution is 2.26. The number of hydrogen-bond donors (Lipinski definition) is 1. The van der Waals surface area contributed by atoms with Crippen LogP contribution in [0.2, 0.25) is 0 Å². The van der Waals surface area contributed by atoms with Crippen LogP contribution >= 0.6 is 9.24 Å². The smallest absolute Gasteiger partial charge is 0.269 e. The van der Waals surface area contributed by atoms with Crippen LogP contribution in [-0.4, -0.2) is 61.7 Å². The molecule has 5 nitrogen and oxygen atoms in total. The Hall–Kier alpha value is -1.19. The third kappa shape index (κ3) is 3.96. The van der Waals surface area contributed by atoms with Crippen molar-refractivity contribution >= 4 is 20.8 Å². The van der Waals surface area contributed by atoms with Crippen molar-refractivity contribution in [2.45, 2.75) is 25.3 Å². The van der Waals surface area contributed by atoms with Gasteiger partial charge in [-0.3, -0.25) is 9.69 Å². The topological polar surface area (TPSA) is 48.5 Å². The van der Waals surface area contributed by atoms with E-state index in [4.69, 9.17) is 0 Å². The summed E-state index contributed by atoms with van der Waals surface area (Å²) in [5, 5.41) is 2.59. The second kappa shape index (κ2) is 8.44. The number of nitrogens with zero attached hydrogens (tertiary/aromatic N) is 3. The average Bonchev–Trinajstić information content (AvgIpc) is 2.55. The maximum atomic E-state index is 11.5. The molecule has 0 bridgehead atoms. The third-order valence-corrected chi connectivity index (χ3v) is 4.48. The van der Waals surface area contributed by atoms with Gasteiger partial charge in [0.05, 0.1) is 11.9 Å². The number of carbonyl (C=O) groups is 1. The van der Waals surface area contributed by atoms with Crippen LogP contribution in [0.25, 0.3) is 0 Å². The zero-order chi connectivity index (χ0) is 15.9. The molecule has 2 heterocycles. The van der Waals surface area contributed by atoms with Crippen LogP contribution in [0.3, 0.4) is 0 Å². The Morgan fingerprint density at radius 2 is 1.91 bits per heavy atom. The summed E-state index contributed by atoms with van der Waals surface area (Å²) in [6, 6.07) is 4.63. The van der Waals surface area contributed by atoms with Crippen LogP contribution < -0.4 is 10.2 Å². The van der Waals surface area contributed by atoms with Crippen molar-refractivity contribution in [2.75, 3.05) is 44.8 Å². The number of aromatic nitrogens is 1. The molecule has 1 aromatic heterocycles. The molecule has 1 unspecified atom stereocenters. The number of nitrogens with one attached hydrogen (secondary N) is 1. The van der Waals surface area contributed by atoms with Crippen molar-refractivity contribution in [2.24, 2.45) is 0 Å². The first-order chi connectivity index (χ1) is 10.8. The fourth-order valence-electron chi connectivity index (χ4n) is 2.93. The maximum absolute atomic E-state index is 11.5. The summed E-state index contributed by atoms with van der Waals surface area (Å²) in [5.41, 5.74) is 1.59. The van der Waals surface area contributed by atoms with Gasteiger partial charge in [-0.15, -0.1) is 9.24 Å². The van der Waals surface area contributed by atoms with Crippen molar-refractivity contribution in [3.63, 3.8) is 0 Å². The highest BCUT2D eigenvalue weighted by molar-refractivity contribution is 7.15. The Kier molecular flexibility index (Phi) is 6.59. The summed E-state index contributed by atoms with van der Waals surface area (Å²) >= 11 is 0. The number of anilines is 1. The van der Waals surface area contributed by atoms with Crippen molar-refractivity contribution < 1.29 is 4.79 Å². The molecule has 0 aromatic carbocycles. The molecular weight excluding hydrogens is 295 g/mol. The zero-order valence-corrected chi connectivity index (χ0v) is 14.7. The molecule has 1 aromatic rings. The molecule has 1 aliphatic carbocycles. The Morgan fingerprint density at radius 3 is 2.36 bits per heavy atom. The minimum Gasteiger partial charge on any atom is -0.368 e. The lowest BCUT2D eigenvalue weighted by molar-refractivity contribution is 0.0958. The highest BCUT2D eigenvalue weighted by atomic mass is 31.0. The fraction of sp³-hybridized carbons (Fsp3) is 0.625. The molecule has 3 rings (SSSR count). The summed E-state index contributed by atoms with van der Waals surface area (Å²) in [4.78, 5) is 20.7. The molecule has 1 saturated heterocycles. The lowest BCUT2D eigenvalue weighted by Gasteiger charge is -2.43. The standard InChI is InChI=1S/C15H22N4O.CH5P/c1-16-15(20)14-6-5-13(11-17-14)19-9-7-18(8-10-19)12-3-2-4-12;1-2/h5-6,11-12H,2-4,7-10H2,1H3,(H,16,20);2H2,1H3. The number of carbonyl (C=O) groups excluding carboxylic acids is 1. The van der Waals surface area contributed by atoms with Gasteiger partial charge in [-0.2, -0.15) is 0 Å². The Labute approximate surface area is 135 Å². The van der Waals surface area contributed by atoms with E-state index in [0.717, 1.165) is 37.9 Å². The van der Waals surface area contributed by atoms with Crippen LogP contribution in [0.15, 0.2) is 18.3 Å². The second-order valence-corrected chi connectivity index (χ2v) is 5.59. The van der Waals surface area contributed by atoms with E-state index >= 15 is 0 Å². The van der Waals surface area contributed by atoms with Crippen LogP contribution in [0, 0.1) is 0 Å². The average molecular weight is 322 g/mol. The van der Waals surface area contributed by atoms with Gasteiger partial charge >= 0.3 is 0 Å². The molecule has 6 heteroatoms. The van der Waals surface area contributed by atoms with Gasteiger partial charge in [-0.05, 0) is 25.0 Å². The minimum atomic E-state index is -0.133. The summed E-state index contributed by atoms with van der Waals surface area (Å²) in [6.45, 7) is 6.30. The first kappa shape index (κ1) is 17.2. The number of amides is 1. The minimum absolute atomic E-state index is 0.133. The van der Waals surface area contributed by atoms with Crippen LogP contribution in [0.4, 0.5) is 5.69 Å². The van der Waals surface area contributed by atoms with Gasteiger partial charge in [0.15, 0.2) is 0 Å². The zero-order valence-electron chi connectivity index (χ0n) is 13.6. The van der Waals surface area contributed by atoms with Gasteiger partial charge in [0.1, 0.15) is 5.69 Å². The molecule has 1 amide bonds. The molecule has 0 spiro atoms.